The fraction of sp³-hybridized carbons (Fsp3) is 0.647. The van der Waals surface area contributed by atoms with Crippen molar-refractivity contribution < 1.29 is 14.0 Å². The molecule has 0 saturated carbocycles. The molecule has 2 aliphatic heterocycles. The minimum absolute atomic E-state index is 0.268. The number of nitrogens with zero attached hydrogens (tertiary/aromatic N) is 4. The Morgan fingerprint density at radius 1 is 1.17 bits per heavy atom. The van der Waals surface area contributed by atoms with Crippen molar-refractivity contribution >= 4 is 0 Å². The van der Waals surface area contributed by atoms with Crippen LogP contribution in [0.2, 0.25) is 0 Å². The number of hydrogen-bond donors (Lipinski definition) is 1. The van der Waals surface area contributed by atoms with Crippen LogP contribution in [0.15, 0.2) is 27.5 Å². The Balaban J connectivity index is 1.38. The second-order valence-electron chi connectivity index (χ2n) is 6.76. The smallest absolute Gasteiger partial charge is 0.241 e. The molecule has 2 atom stereocenters. The van der Waals surface area contributed by atoms with E-state index in [2.05, 4.69) is 19.9 Å². The lowest BCUT2D eigenvalue weighted by Gasteiger charge is -2.30. The molecule has 130 valence electrons. The lowest BCUT2D eigenvalue weighted by Crippen LogP contribution is -2.43. The molecule has 4 rings (SSSR count). The highest BCUT2D eigenvalue weighted by Gasteiger charge is 2.32. The highest BCUT2D eigenvalue weighted by molar-refractivity contribution is 5.51. The zero-order chi connectivity index (χ0) is 16.4. The third-order valence-electron chi connectivity index (χ3n) is 5.24. The van der Waals surface area contributed by atoms with Crippen molar-refractivity contribution in [2.45, 2.75) is 44.3 Å². The lowest BCUT2D eigenvalue weighted by atomic mass is 10.2. The second kappa shape index (κ2) is 7.04. The summed E-state index contributed by atoms with van der Waals surface area (Å²) >= 11 is 0. The van der Waals surface area contributed by atoms with Gasteiger partial charge in [-0.1, -0.05) is 5.16 Å². The zero-order valence-electron chi connectivity index (χ0n) is 13.8. The molecule has 24 heavy (non-hydrogen) atoms. The Bertz CT molecular complexity index is 642. The molecular weight excluding hydrogens is 308 g/mol. The molecule has 0 bridgehead atoms. The van der Waals surface area contributed by atoms with Gasteiger partial charge in [-0.15, -0.1) is 0 Å². The molecule has 2 fully saturated rings. The fourth-order valence-corrected chi connectivity index (χ4v) is 3.92. The molecule has 0 radical (unpaired) electrons. The van der Waals surface area contributed by atoms with E-state index in [0.717, 1.165) is 31.6 Å². The van der Waals surface area contributed by atoms with E-state index in [0.29, 0.717) is 30.3 Å². The molecule has 0 aliphatic carbocycles. The van der Waals surface area contributed by atoms with Gasteiger partial charge in [-0.05, 0) is 44.8 Å². The molecule has 7 nitrogen and oxygen atoms in total. The van der Waals surface area contributed by atoms with Crippen molar-refractivity contribution in [2.75, 3.05) is 26.2 Å². The van der Waals surface area contributed by atoms with Gasteiger partial charge in [-0.25, -0.2) is 0 Å². The monoisotopic (exact) mass is 332 g/mol. The van der Waals surface area contributed by atoms with Crippen LogP contribution in [0.3, 0.4) is 0 Å². The molecule has 0 spiro atoms. The first-order valence-corrected chi connectivity index (χ1v) is 8.77. The molecule has 0 amide bonds. The predicted molar refractivity (Wildman–Crippen MR) is 87.1 cm³/mol. The van der Waals surface area contributed by atoms with E-state index in [-0.39, 0.29) is 6.61 Å². The van der Waals surface area contributed by atoms with E-state index in [4.69, 9.17) is 8.94 Å². The molecule has 7 heteroatoms. The molecule has 2 aromatic rings. The van der Waals surface area contributed by atoms with Gasteiger partial charge < -0.3 is 14.0 Å². The maximum absolute atomic E-state index is 9.51. The van der Waals surface area contributed by atoms with E-state index in [1.807, 2.05) is 6.07 Å². The summed E-state index contributed by atoms with van der Waals surface area (Å²) in [5, 5.41) is 13.5. The Kier molecular flexibility index (Phi) is 4.64. The molecule has 4 heterocycles. The Labute approximate surface area is 141 Å². The summed E-state index contributed by atoms with van der Waals surface area (Å²) < 4.78 is 10.5. The molecule has 2 aromatic heterocycles. The largest absolute Gasteiger partial charge is 0.472 e. The van der Waals surface area contributed by atoms with Gasteiger partial charge in [0.25, 0.3) is 0 Å². The molecular formula is C17H24N4O3. The molecule has 2 saturated heterocycles. The van der Waals surface area contributed by atoms with Gasteiger partial charge in [0, 0.05) is 18.6 Å². The average molecular weight is 332 g/mol. The highest BCUT2D eigenvalue weighted by atomic mass is 16.5. The number of aliphatic hydroxyl groups is 1. The van der Waals surface area contributed by atoms with Gasteiger partial charge in [0.2, 0.25) is 11.7 Å². The SMILES string of the molecule is OCC1CCCN1CC1CCCN1Cc1nc(-c2ccoc2)no1. The summed E-state index contributed by atoms with van der Waals surface area (Å²) in [6.45, 7) is 4.14. The van der Waals surface area contributed by atoms with Gasteiger partial charge in [0.15, 0.2) is 0 Å². The lowest BCUT2D eigenvalue weighted by molar-refractivity contribution is 0.115. The first kappa shape index (κ1) is 15.8. The average Bonchev–Trinajstić information content (AvgIpc) is 3.36. The van der Waals surface area contributed by atoms with Gasteiger partial charge in [0.1, 0.15) is 6.26 Å². The number of hydrogen-bond acceptors (Lipinski definition) is 7. The first-order chi connectivity index (χ1) is 11.8. The Morgan fingerprint density at radius 3 is 2.79 bits per heavy atom. The van der Waals surface area contributed by atoms with Crippen LogP contribution in [0.25, 0.3) is 11.4 Å². The minimum Gasteiger partial charge on any atom is -0.472 e. The van der Waals surface area contributed by atoms with Gasteiger partial charge in [-0.3, -0.25) is 9.80 Å². The third-order valence-corrected chi connectivity index (χ3v) is 5.24. The van der Waals surface area contributed by atoms with Crippen molar-refractivity contribution in [3.05, 3.63) is 24.5 Å². The predicted octanol–water partition coefficient (Wildman–Crippen LogP) is 1.75. The maximum Gasteiger partial charge on any atom is 0.241 e. The standard InChI is InChI=1S/C17H24N4O3/c22-11-15-4-2-6-20(15)9-14-3-1-7-21(14)10-16-18-17(19-24-16)13-5-8-23-12-13/h5,8,12,14-15,22H,1-4,6-7,9-11H2. The molecule has 2 unspecified atom stereocenters. The Morgan fingerprint density at radius 2 is 2.00 bits per heavy atom. The van der Waals surface area contributed by atoms with E-state index in [9.17, 15) is 5.11 Å². The van der Waals surface area contributed by atoms with Crippen LogP contribution in [-0.4, -0.2) is 63.4 Å². The number of furan rings is 1. The summed E-state index contributed by atoms with van der Waals surface area (Å²) in [6.07, 6.45) is 7.92. The van der Waals surface area contributed by atoms with Crippen LogP contribution in [0.1, 0.15) is 31.6 Å². The van der Waals surface area contributed by atoms with Crippen LogP contribution in [0.5, 0.6) is 0 Å². The third kappa shape index (κ3) is 3.24. The summed E-state index contributed by atoms with van der Waals surface area (Å²) in [7, 11) is 0. The molecule has 0 aromatic carbocycles. The van der Waals surface area contributed by atoms with Gasteiger partial charge >= 0.3 is 0 Å². The summed E-state index contributed by atoms with van der Waals surface area (Å²) in [4.78, 5) is 9.35. The second-order valence-corrected chi connectivity index (χ2v) is 6.76. The molecule has 2 aliphatic rings. The fourth-order valence-electron chi connectivity index (χ4n) is 3.92. The quantitative estimate of drug-likeness (QED) is 0.863. The normalized spacial score (nSPS) is 25.7. The minimum atomic E-state index is 0.268. The zero-order valence-corrected chi connectivity index (χ0v) is 13.8. The van der Waals surface area contributed by atoms with E-state index < -0.39 is 0 Å². The first-order valence-electron chi connectivity index (χ1n) is 8.77. The van der Waals surface area contributed by atoms with E-state index in [1.54, 1.807) is 12.5 Å². The van der Waals surface area contributed by atoms with Crippen molar-refractivity contribution in [3.63, 3.8) is 0 Å². The van der Waals surface area contributed by atoms with Crippen LogP contribution in [0.4, 0.5) is 0 Å². The van der Waals surface area contributed by atoms with Crippen molar-refractivity contribution in [1.29, 1.82) is 0 Å². The van der Waals surface area contributed by atoms with Crippen molar-refractivity contribution in [1.82, 2.24) is 19.9 Å². The summed E-state index contributed by atoms with van der Waals surface area (Å²) in [5.41, 5.74) is 0.839. The van der Waals surface area contributed by atoms with Crippen molar-refractivity contribution in [2.24, 2.45) is 0 Å². The number of aromatic nitrogens is 2. The molecule has 1 N–H and O–H groups in total. The van der Waals surface area contributed by atoms with E-state index in [1.165, 1.54) is 19.3 Å². The number of aliphatic hydroxyl groups excluding tert-OH is 1. The summed E-state index contributed by atoms with van der Waals surface area (Å²) in [6, 6.07) is 2.67. The van der Waals surface area contributed by atoms with Crippen LogP contribution in [-0.2, 0) is 6.54 Å². The van der Waals surface area contributed by atoms with Crippen LogP contribution >= 0.6 is 0 Å². The van der Waals surface area contributed by atoms with Crippen LogP contribution in [0, 0.1) is 0 Å². The van der Waals surface area contributed by atoms with E-state index >= 15 is 0 Å². The van der Waals surface area contributed by atoms with Crippen LogP contribution < -0.4 is 0 Å². The number of likely N-dealkylation sites (tertiary alicyclic amines) is 2. The maximum atomic E-state index is 9.51. The highest BCUT2D eigenvalue weighted by Crippen LogP contribution is 2.25. The Hall–Kier alpha value is -1.70. The van der Waals surface area contributed by atoms with Gasteiger partial charge in [0.05, 0.1) is 25.0 Å². The number of rotatable bonds is 6. The van der Waals surface area contributed by atoms with Crippen molar-refractivity contribution in [3.8, 4) is 11.4 Å². The van der Waals surface area contributed by atoms with Gasteiger partial charge in [-0.2, -0.15) is 4.98 Å². The summed E-state index contributed by atoms with van der Waals surface area (Å²) in [5.74, 6) is 1.23. The topological polar surface area (TPSA) is 78.8 Å².